The van der Waals surface area contributed by atoms with Gasteiger partial charge in [0.2, 0.25) is 5.91 Å². The molecule has 0 unspecified atom stereocenters. The van der Waals surface area contributed by atoms with E-state index >= 15 is 0 Å². The number of rotatable bonds is 11. The van der Waals surface area contributed by atoms with E-state index in [1.165, 1.54) is 35.4 Å². The Morgan fingerprint density at radius 2 is 1.79 bits per heavy atom. The number of amides is 3. The standard InChI is InChI=1S/C31H26N4O5S2/c1-2-39-23-12-15-25-27(18-23)42-31(34-25)35-28(36)19-41-24-13-10-21(11-14-24)32-30(38)26(17-22-9-6-16-40-22)33-29(37)20-7-4-3-5-8-20/h3-18H,2,19H2,1H3,(H,32,38)(H,33,37)(H,34,35,36)/b26-17-. The van der Waals surface area contributed by atoms with Gasteiger partial charge >= 0.3 is 0 Å². The molecule has 0 aliphatic rings. The van der Waals surface area contributed by atoms with Crippen LogP contribution in [0.2, 0.25) is 0 Å². The van der Waals surface area contributed by atoms with Gasteiger partial charge in [0.1, 0.15) is 17.2 Å². The van der Waals surface area contributed by atoms with Gasteiger partial charge in [-0.1, -0.05) is 29.5 Å². The van der Waals surface area contributed by atoms with Crippen LogP contribution in [-0.4, -0.2) is 35.1 Å². The van der Waals surface area contributed by atoms with Crippen molar-refractivity contribution in [2.75, 3.05) is 23.0 Å². The fourth-order valence-corrected chi connectivity index (χ4v) is 5.42. The first-order valence-corrected chi connectivity index (χ1v) is 14.8. The smallest absolute Gasteiger partial charge is 0.272 e. The first kappa shape index (κ1) is 28.7. The number of hydrogen-bond acceptors (Lipinski definition) is 8. The minimum atomic E-state index is -0.514. The zero-order valence-corrected chi connectivity index (χ0v) is 24.1. The number of carbonyl (C=O) groups is 3. The summed E-state index contributed by atoms with van der Waals surface area (Å²) in [5.41, 5.74) is 1.76. The Kier molecular flexibility index (Phi) is 9.32. The number of carbonyl (C=O) groups excluding carboxylic acids is 3. The Hall–Kier alpha value is -4.87. The molecule has 2 heterocycles. The predicted molar refractivity (Wildman–Crippen MR) is 166 cm³/mol. The minimum Gasteiger partial charge on any atom is -0.494 e. The summed E-state index contributed by atoms with van der Waals surface area (Å²) in [6.07, 6.45) is 2.94. The van der Waals surface area contributed by atoms with Crippen LogP contribution in [0.15, 0.2) is 106 Å². The van der Waals surface area contributed by atoms with Crippen LogP contribution in [0.25, 0.3) is 16.3 Å². The number of hydrogen-bond donors (Lipinski definition) is 3. The lowest BCUT2D eigenvalue weighted by Gasteiger charge is -2.11. The number of aromatic nitrogens is 1. The number of anilines is 2. The topological polar surface area (TPSA) is 123 Å². The summed E-state index contributed by atoms with van der Waals surface area (Å²) in [6, 6.07) is 24.7. The zero-order valence-electron chi connectivity index (χ0n) is 22.5. The summed E-state index contributed by atoms with van der Waals surface area (Å²) in [5.74, 6) is 0.258. The zero-order chi connectivity index (χ0) is 29.3. The van der Waals surface area contributed by atoms with Crippen LogP contribution in [0.1, 0.15) is 23.0 Å². The molecule has 0 radical (unpaired) electrons. The summed E-state index contributed by atoms with van der Waals surface area (Å²) in [4.78, 5) is 43.6. The van der Waals surface area contributed by atoms with Crippen LogP contribution in [0, 0.1) is 0 Å². The first-order valence-electron chi connectivity index (χ1n) is 13.0. The molecule has 0 atom stereocenters. The van der Waals surface area contributed by atoms with E-state index in [-0.39, 0.29) is 17.4 Å². The molecule has 9 nitrogen and oxygen atoms in total. The van der Waals surface area contributed by atoms with Crippen molar-refractivity contribution in [2.24, 2.45) is 0 Å². The van der Waals surface area contributed by atoms with Gasteiger partial charge in [-0.25, -0.2) is 4.98 Å². The van der Waals surface area contributed by atoms with Crippen molar-refractivity contribution in [1.29, 1.82) is 0 Å². The van der Waals surface area contributed by atoms with Gasteiger partial charge in [-0.3, -0.25) is 14.4 Å². The Morgan fingerprint density at radius 3 is 2.52 bits per heavy atom. The van der Waals surface area contributed by atoms with Crippen molar-refractivity contribution in [3.05, 3.63) is 108 Å². The molecule has 2 aromatic heterocycles. The van der Waals surface area contributed by atoms with Gasteiger partial charge in [0.25, 0.3) is 11.8 Å². The number of nitrogens with one attached hydrogen (secondary N) is 3. The van der Waals surface area contributed by atoms with E-state index in [9.17, 15) is 14.4 Å². The maximum atomic E-state index is 13.1. The number of nitrogens with zero attached hydrogens (tertiary/aromatic N) is 1. The van der Waals surface area contributed by atoms with E-state index < -0.39 is 11.8 Å². The van der Waals surface area contributed by atoms with Crippen molar-refractivity contribution in [2.45, 2.75) is 11.8 Å². The highest BCUT2D eigenvalue weighted by atomic mass is 32.2. The molecule has 0 spiro atoms. The normalized spacial score (nSPS) is 11.2. The molecule has 5 rings (SSSR count). The fraction of sp³-hybridized carbons (Fsp3) is 0.0968. The highest BCUT2D eigenvalue weighted by molar-refractivity contribution is 8.00. The van der Waals surface area contributed by atoms with Gasteiger partial charge in [0, 0.05) is 22.2 Å². The lowest BCUT2D eigenvalue weighted by atomic mass is 10.2. The van der Waals surface area contributed by atoms with Gasteiger partial charge in [-0.2, -0.15) is 0 Å². The molecule has 0 aliphatic heterocycles. The Labute approximate surface area is 250 Å². The van der Waals surface area contributed by atoms with Crippen molar-refractivity contribution < 1.29 is 23.5 Å². The molecule has 0 fully saturated rings. The molecule has 212 valence electrons. The molecular formula is C31H26N4O5S2. The number of fused-ring (bicyclic) bond motifs is 1. The van der Waals surface area contributed by atoms with Gasteiger partial charge in [0.05, 0.1) is 28.8 Å². The Balaban J connectivity index is 1.17. The van der Waals surface area contributed by atoms with Crippen molar-refractivity contribution >= 4 is 67.9 Å². The molecule has 5 aromatic rings. The monoisotopic (exact) mass is 598 g/mol. The molecule has 3 N–H and O–H groups in total. The average Bonchev–Trinajstić information content (AvgIpc) is 3.66. The van der Waals surface area contributed by atoms with E-state index in [4.69, 9.17) is 9.15 Å². The van der Waals surface area contributed by atoms with Gasteiger partial charge in [0.15, 0.2) is 5.13 Å². The number of furan rings is 1. The maximum absolute atomic E-state index is 13.1. The van der Waals surface area contributed by atoms with Crippen LogP contribution < -0.4 is 20.7 Å². The summed E-state index contributed by atoms with van der Waals surface area (Å²) < 4.78 is 11.8. The highest BCUT2D eigenvalue weighted by Gasteiger charge is 2.16. The summed E-state index contributed by atoms with van der Waals surface area (Å²) in [7, 11) is 0. The second-order valence-electron chi connectivity index (χ2n) is 8.79. The SMILES string of the molecule is CCOc1ccc2nc(NC(=O)CSc3ccc(NC(=O)/C(=C/c4ccco4)NC(=O)c4ccccc4)cc3)sc2c1. The Morgan fingerprint density at radius 1 is 0.976 bits per heavy atom. The molecule has 0 aliphatic carbocycles. The van der Waals surface area contributed by atoms with E-state index in [2.05, 4.69) is 20.9 Å². The van der Waals surface area contributed by atoms with E-state index in [1.807, 2.05) is 25.1 Å². The highest BCUT2D eigenvalue weighted by Crippen LogP contribution is 2.29. The molecule has 0 saturated heterocycles. The van der Waals surface area contributed by atoms with Gasteiger partial charge in [-0.05, 0) is 73.7 Å². The Bertz CT molecular complexity index is 1720. The van der Waals surface area contributed by atoms with Crippen molar-refractivity contribution in [1.82, 2.24) is 10.3 Å². The van der Waals surface area contributed by atoms with E-state index in [1.54, 1.807) is 66.7 Å². The maximum Gasteiger partial charge on any atom is 0.272 e. The molecule has 11 heteroatoms. The molecule has 42 heavy (non-hydrogen) atoms. The third kappa shape index (κ3) is 7.65. The molecule has 3 amide bonds. The van der Waals surface area contributed by atoms with Crippen LogP contribution in [0.3, 0.4) is 0 Å². The summed E-state index contributed by atoms with van der Waals surface area (Å²) in [6.45, 7) is 2.51. The first-order chi connectivity index (χ1) is 20.5. The quantitative estimate of drug-likeness (QED) is 0.118. The average molecular weight is 599 g/mol. The van der Waals surface area contributed by atoms with Crippen molar-refractivity contribution in [3.63, 3.8) is 0 Å². The lowest BCUT2D eigenvalue weighted by Crippen LogP contribution is -2.30. The minimum absolute atomic E-state index is 0.0258. The van der Waals surface area contributed by atoms with Crippen LogP contribution in [-0.2, 0) is 9.59 Å². The van der Waals surface area contributed by atoms with Crippen molar-refractivity contribution in [3.8, 4) is 5.75 Å². The predicted octanol–water partition coefficient (Wildman–Crippen LogP) is 6.43. The number of ether oxygens (including phenoxy) is 1. The van der Waals surface area contributed by atoms with Crippen LogP contribution in [0.4, 0.5) is 10.8 Å². The van der Waals surface area contributed by atoms with Gasteiger partial charge in [-0.15, -0.1) is 11.8 Å². The van der Waals surface area contributed by atoms with Gasteiger partial charge < -0.3 is 25.1 Å². The number of thiazole rings is 1. The fourth-order valence-electron chi connectivity index (χ4n) is 3.81. The van der Waals surface area contributed by atoms with E-state index in [0.29, 0.717) is 28.7 Å². The largest absolute Gasteiger partial charge is 0.494 e. The summed E-state index contributed by atoms with van der Waals surface area (Å²) in [5, 5.41) is 8.83. The molecule has 0 bridgehead atoms. The van der Waals surface area contributed by atoms with Crippen LogP contribution in [0.5, 0.6) is 5.75 Å². The molecule has 0 saturated carbocycles. The second-order valence-corrected chi connectivity index (χ2v) is 10.9. The number of benzene rings is 3. The number of thioether (sulfide) groups is 1. The summed E-state index contributed by atoms with van der Waals surface area (Å²) >= 11 is 2.75. The third-order valence-electron chi connectivity index (χ3n) is 5.76. The molecular weight excluding hydrogens is 572 g/mol. The van der Waals surface area contributed by atoms with Crippen LogP contribution >= 0.6 is 23.1 Å². The third-order valence-corrected chi connectivity index (χ3v) is 7.70. The lowest BCUT2D eigenvalue weighted by molar-refractivity contribution is -0.114. The second kappa shape index (κ2) is 13.7. The van der Waals surface area contributed by atoms with E-state index in [0.717, 1.165) is 20.9 Å². The molecule has 3 aromatic carbocycles.